The molecule has 0 saturated heterocycles. The molecule has 3 rings (SSSR count). The number of nitrogens with one attached hydrogen (secondary N) is 1. The Morgan fingerprint density at radius 3 is 2.84 bits per heavy atom. The van der Waals surface area contributed by atoms with Crippen LogP contribution in [-0.4, -0.2) is 31.6 Å². The van der Waals surface area contributed by atoms with Gasteiger partial charge in [-0.05, 0) is 42.9 Å². The van der Waals surface area contributed by atoms with Crippen molar-refractivity contribution in [1.82, 2.24) is 10.4 Å². The molecule has 0 radical (unpaired) electrons. The van der Waals surface area contributed by atoms with Gasteiger partial charge in [0.25, 0.3) is 0 Å². The number of hydrazine groups is 1. The van der Waals surface area contributed by atoms with Crippen LogP contribution in [-0.2, 0) is 16.6 Å². The molecule has 0 unspecified atom stereocenters. The summed E-state index contributed by atoms with van der Waals surface area (Å²) < 4.78 is 5.63. The van der Waals surface area contributed by atoms with Gasteiger partial charge in [0.2, 0.25) is 5.91 Å². The number of amides is 1. The molecule has 1 saturated carbocycles. The maximum absolute atomic E-state index is 12.3. The van der Waals surface area contributed by atoms with Gasteiger partial charge in [0.05, 0.1) is 12.0 Å². The highest BCUT2D eigenvalue weighted by molar-refractivity contribution is 5.91. The van der Waals surface area contributed by atoms with Gasteiger partial charge < -0.3 is 4.74 Å². The van der Waals surface area contributed by atoms with Crippen molar-refractivity contribution in [3.63, 3.8) is 0 Å². The second-order valence-electron chi connectivity index (χ2n) is 5.69. The molecular weight excluding hydrogens is 240 g/mol. The van der Waals surface area contributed by atoms with Crippen LogP contribution in [0.15, 0.2) is 18.2 Å². The van der Waals surface area contributed by atoms with Gasteiger partial charge >= 0.3 is 0 Å². The third kappa shape index (κ3) is 2.21. The summed E-state index contributed by atoms with van der Waals surface area (Å²) >= 11 is 0. The lowest BCUT2D eigenvalue weighted by Crippen LogP contribution is -2.42. The zero-order valence-corrected chi connectivity index (χ0v) is 11.5. The fourth-order valence-corrected chi connectivity index (χ4v) is 2.74. The van der Waals surface area contributed by atoms with Gasteiger partial charge in [-0.2, -0.15) is 0 Å². The second-order valence-corrected chi connectivity index (χ2v) is 5.69. The average Bonchev–Trinajstić information content (AvgIpc) is 3.19. The highest BCUT2D eigenvalue weighted by atomic mass is 16.5. The lowest BCUT2D eigenvalue weighted by Gasteiger charge is -2.22. The Morgan fingerprint density at radius 2 is 2.16 bits per heavy atom. The van der Waals surface area contributed by atoms with Crippen LogP contribution < -0.4 is 10.2 Å². The summed E-state index contributed by atoms with van der Waals surface area (Å²) in [5.74, 6) is 1.09. The number of rotatable bonds is 3. The molecule has 4 nitrogen and oxygen atoms in total. The van der Waals surface area contributed by atoms with Gasteiger partial charge in [-0.3, -0.25) is 10.2 Å². The monoisotopic (exact) mass is 260 g/mol. The minimum absolute atomic E-state index is 0.106. The number of fused-ring (bicyclic) bond motifs is 1. The second kappa shape index (κ2) is 4.53. The fraction of sp³-hybridized carbons (Fsp3) is 0.533. The van der Waals surface area contributed by atoms with Gasteiger partial charge in [0.1, 0.15) is 5.75 Å². The van der Waals surface area contributed by atoms with Crippen LogP contribution in [0.1, 0.15) is 30.4 Å². The maximum atomic E-state index is 12.3. The summed E-state index contributed by atoms with van der Waals surface area (Å²) in [6, 6.07) is 6.23. The molecular formula is C15H20N2O2. The van der Waals surface area contributed by atoms with Crippen LogP contribution in [0.25, 0.3) is 0 Å². The lowest BCUT2D eigenvalue weighted by atomic mass is 9.91. The first-order valence-corrected chi connectivity index (χ1v) is 6.86. The smallest absolute Gasteiger partial charge is 0.244 e. The van der Waals surface area contributed by atoms with Crippen LogP contribution in [0.4, 0.5) is 0 Å². The molecule has 1 fully saturated rings. The largest absolute Gasteiger partial charge is 0.493 e. The molecule has 19 heavy (non-hydrogen) atoms. The zero-order chi connectivity index (χ0) is 13.5. The summed E-state index contributed by atoms with van der Waals surface area (Å²) in [6.07, 6.45) is 3.99. The summed E-state index contributed by atoms with van der Waals surface area (Å²) in [5, 5.41) is 1.71. The number of ether oxygens (including phenoxy) is 1. The third-order valence-corrected chi connectivity index (χ3v) is 3.97. The summed E-state index contributed by atoms with van der Waals surface area (Å²) in [4.78, 5) is 12.3. The summed E-state index contributed by atoms with van der Waals surface area (Å²) in [6.45, 7) is 0.804. The van der Waals surface area contributed by atoms with Crippen molar-refractivity contribution in [1.29, 1.82) is 0 Å². The first-order chi connectivity index (χ1) is 9.12. The molecule has 0 bridgehead atoms. The van der Waals surface area contributed by atoms with Crippen LogP contribution in [0.5, 0.6) is 5.75 Å². The average molecular weight is 260 g/mol. The van der Waals surface area contributed by atoms with E-state index in [-0.39, 0.29) is 11.3 Å². The Kier molecular flexibility index (Phi) is 2.97. The Morgan fingerprint density at radius 1 is 1.37 bits per heavy atom. The molecule has 1 heterocycles. The highest BCUT2D eigenvalue weighted by Gasteiger charge is 2.51. The van der Waals surface area contributed by atoms with E-state index in [1.165, 1.54) is 5.56 Å². The molecule has 1 aromatic rings. The minimum atomic E-state index is -0.309. The van der Waals surface area contributed by atoms with E-state index in [9.17, 15) is 4.79 Å². The van der Waals surface area contributed by atoms with E-state index in [0.717, 1.165) is 43.6 Å². The number of benzene rings is 1. The van der Waals surface area contributed by atoms with E-state index in [1.54, 1.807) is 5.01 Å². The van der Waals surface area contributed by atoms with Crippen molar-refractivity contribution in [3.8, 4) is 5.75 Å². The van der Waals surface area contributed by atoms with Crippen molar-refractivity contribution in [3.05, 3.63) is 29.3 Å². The van der Waals surface area contributed by atoms with Crippen LogP contribution >= 0.6 is 0 Å². The van der Waals surface area contributed by atoms with Gasteiger partial charge in [0, 0.05) is 14.1 Å². The van der Waals surface area contributed by atoms with Crippen LogP contribution in [0, 0.1) is 0 Å². The van der Waals surface area contributed by atoms with Crippen molar-refractivity contribution < 1.29 is 9.53 Å². The first-order valence-electron chi connectivity index (χ1n) is 6.86. The fourth-order valence-electron chi connectivity index (χ4n) is 2.74. The zero-order valence-electron chi connectivity index (χ0n) is 11.5. The molecule has 1 aliphatic carbocycles. The van der Waals surface area contributed by atoms with Crippen molar-refractivity contribution in [2.75, 3.05) is 20.7 Å². The molecule has 4 heteroatoms. The molecule has 1 N–H and O–H groups in total. The predicted molar refractivity (Wildman–Crippen MR) is 73.0 cm³/mol. The van der Waals surface area contributed by atoms with Crippen LogP contribution in [0.2, 0.25) is 0 Å². The number of carbonyl (C=O) groups is 1. The van der Waals surface area contributed by atoms with Crippen molar-refractivity contribution in [2.45, 2.75) is 31.1 Å². The van der Waals surface area contributed by atoms with Crippen molar-refractivity contribution >= 4 is 5.91 Å². The Hall–Kier alpha value is -1.55. The van der Waals surface area contributed by atoms with Gasteiger partial charge in [0.15, 0.2) is 0 Å². The number of hydrogen-bond acceptors (Lipinski definition) is 3. The van der Waals surface area contributed by atoms with Crippen LogP contribution in [0.3, 0.4) is 0 Å². The van der Waals surface area contributed by atoms with E-state index in [1.807, 2.05) is 26.2 Å². The molecule has 2 aliphatic rings. The minimum Gasteiger partial charge on any atom is -0.493 e. The standard InChI is InChI=1S/C15H20N2O2/c1-17(2)16-14(18)15(7-8-15)12-5-6-13-11(10-12)4-3-9-19-13/h5-6,10H,3-4,7-9H2,1-2H3,(H,16,18). The molecule has 1 aromatic carbocycles. The molecule has 0 spiro atoms. The topological polar surface area (TPSA) is 41.6 Å². The van der Waals surface area contributed by atoms with E-state index >= 15 is 0 Å². The van der Waals surface area contributed by atoms with Crippen molar-refractivity contribution in [2.24, 2.45) is 0 Å². The third-order valence-electron chi connectivity index (χ3n) is 3.97. The summed E-state index contributed by atoms with van der Waals surface area (Å²) in [5.41, 5.74) is 4.96. The highest BCUT2D eigenvalue weighted by Crippen LogP contribution is 2.49. The Bertz CT molecular complexity index is 507. The lowest BCUT2D eigenvalue weighted by molar-refractivity contribution is -0.127. The Balaban J connectivity index is 1.87. The van der Waals surface area contributed by atoms with Gasteiger partial charge in [-0.1, -0.05) is 12.1 Å². The van der Waals surface area contributed by atoms with Gasteiger partial charge in [-0.25, -0.2) is 5.01 Å². The SMILES string of the molecule is CN(C)NC(=O)C1(c2ccc3c(c2)CCCO3)CC1. The maximum Gasteiger partial charge on any atom is 0.244 e. The first kappa shape index (κ1) is 12.5. The van der Waals surface area contributed by atoms with Gasteiger partial charge in [-0.15, -0.1) is 0 Å². The molecule has 1 amide bonds. The molecule has 102 valence electrons. The predicted octanol–water partition coefficient (Wildman–Crippen LogP) is 1.64. The van der Waals surface area contributed by atoms with E-state index < -0.39 is 0 Å². The molecule has 0 aromatic heterocycles. The number of aryl methyl sites for hydroxylation is 1. The number of nitrogens with zero attached hydrogens (tertiary/aromatic N) is 1. The number of hydrogen-bond donors (Lipinski definition) is 1. The van der Waals surface area contributed by atoms with E-state index in [0.29, 0.717) is 0 Å². The number of carbonyl (C=O) groups excluding carboxylic acids is 1. The Labute approximate surface area is 113 Å². The van der Waals surface area contributed by atoms with E-state index in [2.05, 4.69) is 11.5 Å². The quantitative estimate of drug-likeness (QED) is 0.840. The van der Waals surface area contributed by atoms with E-state index in [4.69, 9.17) is 4.74 Å². The molecule has 0 atom stereocenters. The summed E-state index contributed by atoms with van der Waals surface area (Å²) in [7, 11) is 3.68. The normalized spacial score (nSPS) is 19.5. The molecule has 1 aliphatic heterocycles.